The standard InChI is InChI=1S/C9H9BrN2O/c1-6-2-3-12-7(4-6)9(10)11-8(12)5-13/h2-4,13H,5H2,1H3. The number of aromatic nitrogens is 2. The molecule has 0 radical (unpaired) electrons. The predicted molar refractivity (Wildman–Crippen MR) is 53.6 cm³/mol. The number of imidazole rings is 1. The van der Waals surface area contributed by atoms with Crippen molar-refractivity contribution in [3.05, 3.63) is 34.3 Å². The van der Waals surface area contributed by atoms with Crippen molar-refractivity contribution >= 4 is 21.4 Å². The third-order valence-electron chi connectivity index (χ3n) is 1.97. The van der Waals surface area contributed by atoms with Crippen LogP contribution in [-0.2, 0) is 6.61 Å². The van der Waals surface area contributed by atoms with Crippen LogP contribution in [0.4, 0.5) is 0 Å². The lowest BCUT2D eigenvalue weighted by Crippen LogP contribution is -1.93. The number of fused-ring (bicyclic) bond motifs is 1. The van der Waals surface area contributed by atoms with Crippen LogP contribution in [-0.4, -0.2) is 14.5 Å². The second kappa shape index (κ2) is 3.12. The fourth-order valence-corrected chi connectivity index (χ4v) is 1.84. The summed E-state index contributed by atoms with van der Waals surface area (Å²) in [6.07, 6.45) is 1.91. The molecule has 1 N–H and O–H groups in total. The number of rotatable bonds is 1. The third kappa shape index (κ3) is 1.36. The fraction of sp³-hybridized carbons (Fsp3) is 0.222. The second-order valence-corrected chi connectivity index (χ2v) is 3.69. The number of pyridine rings is 1. The van der Waals surface area contributed by atoms with Gasteiger partial charge in [0.15, 0.2) is 0 Å². The summed E-state index contributed by atoms with van der Waals surface area (Å²) in [5, 5.41) is 9.01. The van der Waals surface area contributed by atoms with E-state index >= 15 is 0 Å². The minimum absolute atomic E-state index is 0.0458. The molecule has 0 atom stereocenters. The van der Waals surface area contributed by atoms with Gasteiger partial charge < -0.3 is 9.51 Å². The molecule has 4 heteroatoms. The van der Waals surface area contributed by atoms with Crippen molar-refractivity contribution in [2.75, 3.05) is 0 Å². The van der Waals surface area contributed by atoms with Gasteiger partial charge in [0.2, 0.25) is 0 Å². The topological polar surface area (TPSA) is 37.5 Å². The lowest BCUT2D eigenvalue weighted by molar-refractivity contribution is 0.270. The summed E-state index contributed by atoms with van der Waals surface area (Å²) in [5.41, 5.74) is 2.17. The van der Waals surface area contributed by atoms with Gasteiger partial charge in [-0.25, -0.2) is 4.98 Å². The largest absolute Gasteiger partial charge is 0.388 e. The normalized spacial score (nSPS) is 11.0. The highest BCUT2D eigenvalue weighted by Gasteiger charge is 2.06. The third-order valence-corrected chi connectivity index (χ3v) is 2.55. The Morgan fingerprint density at radius 1 is 1.62 bits per heavy atom. The van der Waals surface area contributed by atoms with Crippen LogP contribution < -0.4 is 0 Å². The van der Waals surface area contributed by atoms with Crippen LogP contribution in [0.3, 0.4) is 0 Å². The molecular formula is C9H9BrN2O. The lowest BCUT2D eigenvalue weighted by Gasteiger charge is -1.98. The minimum Gasteiger partial charge on any atom is -0.388 e. The van der Waals surface area contributed by atoms with Crippen LogP contribution in [0.2, 0.25) is 0 Å². The van der Waals surface area contributed by atoms with Gasteiger partial charge in [-0.05, 0) is 40.5 Å². The molecule has 0 saturated carbocycles. The first-order valence-electron chi connectivity index (χ1n) is 3.96. The summed E-state index contributed by atoms with van der Waals surface area (Å²) in [6.45, 7) is 1.98. The number of aliphatic hydroxyl groups is 1. The first kappa shape index (κ1) is 8.72. The summed E-state index contributed by atoms with van der Waals surface area (Å²) >= 11 is 3.35. The number of aliphatic hydroxyl groups excluding tert-OH is 1. The van der Waals surface area contributed by atoms with Gasteiger partial charge in [0.05, 0.1) is 5.52 Å². The van der Waals surface area contributed by atoms with Crippen LogP contribution in [0.25, 0.3) is 5.52 Å². The monoisotopic (exact) mass is 240 g/mol. The van der Waals surface area contributed by atoms with E-state index in [9.17, 15) is 0 Å². The maximum atomic E-state index is 9.01. The van der Waals surface area contributed by atoms with E-state index in [4.69, 9.17) is 5.11 Å². The highest BCUT2D eigenvalue weighted by Crippen LogP contribution is 2.19. The Labute approximate surface area is 84.2 Å². The van der Waals surface area contributed by atoms with Gasteiger partial charge in [-0.3, -0.25) is 0 Å². The summed E-state index contributed by atoms with van der Waals surface area (Å²) < 4.78 is 2.65. The van der Waals surface area contributed by atoms with Gasteiger partial charge >= 0.3 is 0 Å². The van der Waals surface area contributed by atoms with Gasteiger partial charge in [-0.15, -0.1) is 0 Å². The predicted octanol–water partition coefficient (Wildman–Crippen LogP) is 1.90. The quantitative estimate of drug-likeness (QED) is 0.827. The van der Waals surface area contributed by atoms with E-state index in [2.05, 4.69) is 20.9 Å². The maximum Gasteiger partial charge on any atom is 0.140 e. The van der Waals surface area contributed by atoms with Crippen molar-refractivity contribution < 1.29 is 5.11 Å². The average molecular weight is 241 g/mol. The van der Waals surface area contributed by atoms with Crippen molar-refractivity contribution in [2.24, 2.45) is 0 Å². The molecule has 0 unspecified atom stereocenters. The van der Waals surface area contributed by atoms with E-state index in [1.807, 2.05) is 29.7 Å². The summed E-state index contributed by atoms with van der Waals surface area (Å²) in [6, 6.07) is 4.01. The lowest BCUT2D eigenvalue weighted by atomic mass is 10.3. The Bertz CT molecular complexity index is 450. The van der Waals surface area contributed by atoms with Gasteiger partial charge in [-0.1, -0.05) is 0 Å². The highest BCUT2D eigenvalue weighted by atomic mass is 79.9. The first-order valence-corrected chi connectivity index (χ1v) is 4.75. The van der Waals surface area contributed by atoms with Crippen molar-refractivity contribution in [3.8, 4) is 0 Å². The van der Waals surface area contributed by atoms with E-state index in [0.29, 0.717) is 5.82 Å². The molecule has 0 aliphatic rings. The van der Waals surface area contributed by atoms with E-state index in [0.717, 1.165) is 10.1 Å². The number of halogens is 1. The van der Waals surface area contributed by atoms with Crippen LogP contribution in [0.5, 0.6) is 0 Å². The summed E-state index contributed by atoms with van der Waals surface area (Å²) in [7, 11) is 0. The number of nitrogens with zero attached hydrogens (tertiary/aromatic N) is 2. The number of hydrogen-bond acceptors (Lipinski definition) is 2. The van der Waals surface area contributed by atoms with Crippen LogP contribution in [0.15, 0.2) is 22.9 Å². The molecule has 2 aromatic heterocycles. The molecule has 2 rings (SSSR count). The molecule has 0 aromatic carbocycles. The van der Waals surface area contributed by atoms with Crippen molar-refractivity contribution in [2.45, 2.75) is 13.5 Å². The zero-order chi connectivity index (χ0) is 9.42. The molecule has 0 saturated heterocycles. The van der Waals surface area contributed by atoms with Crippen LogP contribution in [0.1, 0.15) is 11.4 Å². The summed E-state index contributed by atoms with van der Waals surface area (Å²) in [4.78, 5) is 4.18. The summed E-state index contributed by atoms with van der Waals surface area (Å²) in [5.74, 6) is 0.655. The van der Waals surface area contributed by atoms with Crippen molar-refractivity contribution in [1.82, 2.24) is 9.38 Å². The highest BCUT2D eigenvalue weighted by molar-refractivity contribution is 9.10. The molecular weight excluding hydrogens is 232 g/mol. The smallest absolute Gasteiger partial charge is 0.140 e. The first-order chi connectivity index (χ1) is 6.22. The van der Waals surface area contributed by atoms with Gasteiger partial charge in [0.1, 0.15) is 17.0 Å². The van der Waals surface area contributed by atoms with Gasteiger partial charge in [-0.2, -0.15) is 0 Å². The molecule has 2 heterocycles. The Morgan fingerprint density at radius 2 is 2.38 bits per heavy atom. The average Bonchev–Trinajstić information content (AvgIpc) is 2.43. The number of aryl methyl sites for hydroxylation is 1. The molecule has 0 spiro atoms. The zero-order valence-corrected chi connectivity index (χ0v) is 8.74. The maximum absolute atomic E-state index is 9.01. The molecule has 0 amide bonds. The van der Waals surface area contributed by atoms with E-state index in [-0.39, 0.29) is 6.61 Å². The van der Waals surface area contributed by atoms with E-state index in [1.54, 1.807) is 0 Å². The van der Waals surface area contributed by atoms with Crippen LogP contribution >= 0.6 is 15.9 Å². The Kier molecular flexibility index (Phi) is 2.09. The van der Waals surface area contributed by atoms with Crippen molar-refractivity contribution in [3.63, 3.8) is 0 Å². The molecule has 3 nitrogen and oxygen atoms in total. The minimum atomic E-state index is -0.0458. The molecule has 0 aliphatic heterocycles. The SMILES string of the molecule is Cc1ccn2c(CO)nc(Br)c2c1. The van der Waals surface area contributed by atoms with Crippen molar-refractivity contribution in [1.29, 1.82) is 0 Å². The Morgan fingerprint density at radius 3 is 3.08 bits per heavy atom. The molecule has 0 fully saturated rings. The van der Waals surface area contributed by atoms with E-state index in [1.165, 1.54) is 5.56 Å². The van der Waals surface area contributed by atoms with Gasteiger partial charge in [0, 0.05) is 6.20 Å². The fourth-order valence-electron chi connectivity index (χ4n) is 1.33. The molecule has 68 valence electrons. The van der Waals surface area contributed by atoms with Crippen LogP contribution in [0, 0.1) is 6.92 Å². The second-order valence-electron chi connectivity index (χ2n) is 2.94. The van der Waals surface area contributed by atoms with E-state index < -0.39 is 0 Å². The number of hydrogen-bond donors (Lipinski definition) is 1. The molecule has 13 heavy (non-hydrogen) atoms. The molecule has 0 aliphatic carbocycles. The zero-order valence-electron chi connectivity index (χ0n) is 7.16. The molecule has 0 bridgehead atoms. The molecule has 2 aromatic rings. The Balaban J connectivity index is 2.80. The van der Waals surface area contributed by atoms with Gasteiger partial charge in [0.25, 0.3) is 0 Å². The Hall–Kier alpha value is -0.870.